The van der Waals surface area contributed by atoms with Gasteiger partial charge in [-0.25, -0.2) is 4.79 Å². The van der Waals surface area contributed by atoms with E-state index in [1.807, 2.05) is 0 Å². The molecule has 0 radical (unpaired) electrons. The highest BCUT2D eigenvalue weighted by Crippen LogP contribution is 2.57. The van der Waals surface area contributed by atoms with E-state index in [0.29, 0.717) is 21.3 Å². The molecule has 13 heteroatoms. The number of hydrogen-bond acceptors (Lipinski definition) is 5. The number of ether oxygens (including phenoxy) is 1. The molecule has 1 aliphatic carbocycles. The van der Waals surface area contributed by atoms with Crippen LogP contribution in [0, 0.1) is 17.8 Å². The summed E-state index contributed by atoms with van der Waals surface area (Å²) in [4.78, 5) is 39.5. The maximum absolute atomic E-state index is 14.0. The van der Waals surface area contributed by atoms with Gasteiger partial charge in [0.05, 0.1) is 35.7 Å². The zero-order valence-electron chi connectivity index (χ0n) is 22.3. The van der Waals surface area contributed by atoms with Crippen molar-refractivity contribution in [1.29, 1.82) is 0 Å². The Bertz CT molecular complexity index is 1530. The number of rotatable bonds is 7. The van der Waals surface area contributed by atoms with Gasteiger partial charge in [-0.05, 0) is 48.4 Å². The minimum Gasteiger partial charge on any atom is -0.495 e. The fraction of sp³-hybridized carbons (Fsp3) is 0.345. The van der Waals surface area contributed by atoms with Gasteiger partial charge in [-0.2, -0.15) is 13.2 Å². The predicted octanol–water partition coefficient (Wildman–Crippen LogP) is 5.73. The first-order valence-corrected chi connectivity index (χ1v) is 13.7. The number of allylic oxidation sites excluding steroid dienone is 4. The van der Waals surface area contributed by atoms with Crippen molar-refractivity contribution >= 4 is 52.4 Å². The quantitative estimate of drug-likeness (QED) is 0.313. The number of carboxylic acids is 1. The minimum absolute atomic E-state index is 0.0621. The average molecular weight is 624 g/mol. The number of halogens is 5. The molecule has 42 heavy (non-hydrogen) atoms. The first-order valence-electron chi connectivity index (χ1n) is 13.0. The van der Waals surface area contributed by atoms with Crippen molar-refractivity contribution in [1.82, 2.24) is 5.32 Å². The molecule has 8 nitrogen and oxygen atoms in total. The first kappa shape index (κ1) is 29.9. The Balaban J connectivity index is 1.64. The molecule has 2 aliphatic heterocycles. The van der Waals surface area contributed by atoms with Crippen LogP contribution in [0.2, 0.25) is 5.02 Å². The van der Waals surface area contributed by atoms with E-state index in [2.05, 4.69) is 16.0 Å². The van der Waals surface area contributed by atoms with E-state index >= 15 is 0 Å². The number of methoxy groups -OCH3 is 1. The average Bonchev–Trinajstić information content (AvgIpc) is 3.57. The van der Waals surface area contributed by atoms with Gasteiger partial charge in [0, 0.05) is 33.6 Å². The van der Waals surface area contributed by atoms with Gasteiger partial charge in [0.1, 0.15) is 5.75 Å². The molecule has 1 fully saturated rings. The fourth-order valence-electron chi connectivity index (χ4n) is 6.32. The van der Waals surface area contributed by atoms with E-state index in [-0.39, 0.29) is 17.0 Å². The molecule has 2 amide bonds. The number of amides is 2. The lowest BCUT2D eigenvalue weighted by Crippen LogP contribution is -2.52. The van der Waals surface area contributed by atoms with Gasteiger partial charge in [0.2, 0.25) is 11.8 Å². The van der Waals surface area contributed by atoms with Crippen LogP contribution in [0.25, 0.3) is 0 Å². The fourth-order valence-corrected chi connectivity index (χ4v) is 6.78. The van der Waals surface area contributed by atoms with Crippen LogP contribution >= 0.6 is 23.2 Å². The molecular weight excluding hydrogens is 598 g/mol. The lowest BCUT2D eigenvalue weighted by Gasteiger charge is -2.38. The van der Waals surface area contributed by atoms with Crippen molar-refractivity contribution in [2.45, 2.75) is 37.0 Å². The van der Waals surface area contributed by atoms with Crippen LogP contribution < -0.4 is 20.7 Å². The molecule has 222 valence electrons. The lowest BCUT2D eigenvalue weighted by atomic mass is 9.61. The molecule has 0 aromatic heterocycles. The minimum atomic E-state index is -4.55. The Morgan fingerprint density at radius 1 is 1.19 bits per heavy atom. The summed E-state index contributed by atoms with van der Waals surface area (Å²) in [7, 11) is 1.30. The SMILES string of the molecule is COc1cc(C(=O)O)ccc1NC(=O)[C@@H]1N[C@@H](C[C@@H](C)C(F)(F)F)[C@@]2(C(=O)Nc3cc(Cl)ccc32)C1C1C=CC=C1Cl. The molecular formula is C29H26Cl2F3N3O5. The summed E-state index contributed by atoms with van der Waals surface area (Å²) < 4.78 is 46.9. The predicted molar refractivity (Wildman–Crippen MR) is 151 cm³/mol. The summed E-state index contributed by atoms with van der Waals surface area (Å²) >= 11 is 12.8. The molecule has 2 heterocycles. The van der Waals surface area contributed by atoms with Crippen LogP contribution in [-0.4, -0.2) is 48.3 Å². The number of anilines is 2. The highest BCUT2D eigenvalue weighted by atomic mass is 35.5. The van der Waals surface area contributed by atoms with Crippen LogP contribution in [0.3, 0.4) is 0 Å². The molecule has 1 spiro atoms. The Labute approximate surface area is 248 Å². The Morgan fingerprint density at radius 2 is 1.93 bits per heavy atom. The second-order valence-electron chi connectivity index (χ2n) is 10.6. The third-order valence-corrected chi connectivity index (χ3v) is 8.90. The summed E-state index contributed by atoms with van der Waals surface area (Å²) in [6.45, 7) is 1.03. The van der Waals surface area contributed by atoms with Gasteiger partial charge in [0.25, 0.3) is 0 Å². The van der Waals surface area contributed by atoms with Gasteiger partial charge < -0.3 is 25.8 Å². The maximum Gasteiger partial charge on any atom is 0.391 e. The summed E-state index contributed by atoms with van der Waals surface area (Å²) in [5, 5.41) is 18.6. The topological polar surface area (TPSA) is 117 Å². The molecule has 0 bridgehead atoms. The monoisotopic (exact) mass is 623 g/mol. The second-order valence-corrected chi connectivity index (χ2v) is 11.5. The molecule has 2 aromatic carbocycles. The van der Waals surface area contributed by atoms with E-state index in [1.54, 1.807) is 30.4 Å². The van der Waals surface area contributed by atoms with Crippen LogP contribution in [0.1, 0.15) is 29.3 Å². The number of carbonyl (C=O) groups excluding carboxylic acids is 2. The molecule has 3 aliphatic rings. The third-order valence-electron chi connectivity index (χ3n) is 8.28. The summed E-state index contributed by atoms with van der Waals surface area (Å²) in [6.07, 6.45) is -0.0570. The number of carbonyl (C=O) groups is 3. The number of hydrogen-bond donors (Lipinski definition) is 4. The van der Waals surface area contributed by atoms with Gasteiger partial charge in [-0.1, -0.05) is 48.3 Å². The van der Waals surface area contributed by atoms with E-state index < -0.39 is 65.6 Å². The zero-order valence-corrected chi connectivity index (χ0v) is 23.8. The Morgan fingerprint density at radius 3 is 2.55 bits per heavy atom. The van der Waals surface area contributed by atoms with E-state index in [1.165, 1.54) is 31.4 Å². The van der Waals surface area contributed by atoms with E-state index in [4.69, 9.17) is 27.9 Å². The molecule has 2 aromatic rings. The van der Waals surface area contributed by atoms with E-state index in [9.17, 15) is 32.7 Å². The molecule has 5 rings (SSSR count). The first-order chi connectivity index (χ1) is 19.8. The van der Waals surface area contributed by atoms with Crippen molar-refractivity contribution in [2.75, 3.05) is 17.7 Å². The second kappa shape index (κ2) is 10.9. The van der Waals surface area contributed by atoms with Gasteiger partial charge in [-0.3, -0.25) is 9.59 Å². The summed E-state index contributed by atoms with van der Waals surface area (Å²) in [6, 6.07) is 6.19. The number of nitrogens with one attached hydrogen (secondary N) is 3. The molecule has 0 saturated carbocycles. The molecule has 1 saturated heterocycles. The van der Waals surface area contributed by atoms with Crippen LogP contribution in [-0.2, 0) is 15.0 Å². The lowest BCUT2D eigenvalue weighted by molar-refractivity contribution is -0.173. The Kier molecular flexibility index (Phi) is 7.80. The van der Waals surface area contributed by atoms with Gasteiger partial charge >= 0.3 is 12.1 Å². The van der Waals surface area contributed by atoms with Crippen molar-refractivity contribution < 1.29 is 37.4 Å². The highest BCUT2D eigenvalue weighted by molar-refractivity contribution is 6.31. The van der Waals surface area contributed by atoms with Crippen molar-refractivity contribution in [3.8, 4) is 5.75 Å². The van der Waals surface area contributed by atoms with Crippen LogP contribution in [0.15, 0.2) is 59.7 Å². The smallest absolute Gasteiger partial charge is 0.391 e. The van der Waals surface area contributed by atoms with Crippen molar-refractivity contribution in [2.24, 2.45) is 17.8 Å². The number of carboxylic acid groups (broad SMARTS) is 1. The standard InChI is InChI=1S/C29H26Cl2F3N3O5/c1-13(29(32,33)34)10-22-28(17-8-7-15(30)12-20(17)36-27(28)41)23(16-4-3-5-18(16)31)24(37-22)25(38)35-19-9-6-14(26(39)40)11-21(19)42-2/h3-9,11-13,16,22-24,37H,10H2,1-2H3,(H,35,38)(H,36,41)(H,39,40)/t13-,16?,22+,23?,24-,28-/m1/s1. The summed E-state index contributed by atoms with van der Waals surface area (Å²) in [5.74, 6) is -5.84. The van der Waals surface area contributed by atoms with Crippen molar-refractivity contribution in [3.05, 3.63) is 75.8 Å². The number of aromatic carboxylic acids is 1. The maximum atomic E-state index is 14.0. The summed E-state index contributed by atoms with van der Waals surface area (Å²) in [5.41, 5.74) is -0.810. The third kappa shape index (κ3) is 4.93. The van der Waals surface area contributed by atoms with Crippen molar-refractivity contribution in [3.63, 3.8) is 0 Å². The van der Waals surface area contributed by atoms with E-state index in [0.717, 1.165) is 6.92 Å². The van der Waals surface area contributed by atoms with Crippen LogP contribution in [0.5, 0.6) is 5.75 Å². The van der Waals surface area contributed by atoms with Gasteiger partial charge in [0.15, 0.2) is 0 Å². The normalized spacial score (nSPS) is 27.0. The van der Waals surface area contributed by atoms with Crippen LogP contribution in [0.4, 0.5) is 24.5 Å². The highest BCUT2D eigenvalue weighted by Gasteiger charge is 2.67. The number of benzene rings is 2. The Hall–Kier alpha value is -3.54. The largest absolute Gasteiger partial charge is 0.495 e. The number of fused-ring (bicyclic) bond motifs is 2. The zero-order chi connectivity index (χ0) is 30.6. The molecule has 6 atom stereocenters. The number of alkyl halides is 3. The van der Waals surface area contributed by atoms with Gasteiger partial charge in [-0.15, -0.1) is 0 Å². The molecule has 4 N–H and O–H groups in total. The molecule has 2 unspecified atom stereocenters.